The number of hydrogen-bond donors (Lipinski definition) is 1. The average molecular weight is 428 g/mol. The van der Waals surface area contributed by atoms with Crippen LogP contribution < -0.4 is 5.32 Å². The van der Waals surface area contributed by atoms with Gasteiger partial charge < -0.3 is 15.1 Å². The molecular weight excluding hydrogens is 390 g/mol. The number of nitrogens with zero attached hydrogens (tertiary/aromatic N) is 2. The molecule has 31 heavy (non-hydrogen) atoms. The standard InChI is InChI=1S/C25H37N3O3/c1-18(2)16-22(29)26-23(20-9-5-4-6-10-20)25(31)27-14-11-21(12-15-27)24(30)28-13-7-8-19(3)17-28/h4-6,9-10,18-19,21,23H,7-8,11-17H2,1-3H3,(H,26,29). The highest BCUT2D eigenvalue weighted by atomic mass is 16.2. The summed E-state index contributed by atoms with van der Waals surface area (Å²) in [6.07, 6.45) is 4.05. The van der Waals surface area contributed by atoms with Crippen molar-refractivity contribution in [3.05, 3.63) is 35.9 Å². The van der Waals surface area contributed by atoms with Gasteiger partial charge in [-0.2, -0.15) is 0 Å². The third-order valence-corrected chi connectivity index (χ3v) is 6.40. The van der Waals surface area contributed by atoms with Crippen LogP contribution in [0.3, 0.4) is 0 Å². The topological polar surface area (TPSA) is 69.7 Å². The fourth-order valence-corrected chi connectivity index (χ4v) is 4.70. The van der Waals surface area contributed by atoms with Crippen molar-refractivity contribution in [3.8, 4) is 0 Å². The largest absolute Gasteiger partial charge is 0.342 e. The van der Waals surface area contributed by atoms with E-state index in [9.17, 15) is 14.4 Å². The number of carbonyl (C=O) groups excluding carboxylic acids is 3. The SMILES string of the molecule is CC(C)CC(=O)NC(C(=O)N1CCC(C(=O)N2CCCC(C)C2)CC1)c1ccccc1. The zero-order chi connectivity index (χ0) is 22.4. The minimum absolute atomic E-state index is 0.0000531. The van der Waals surface area contributed by atoms with Gasteiger partial charge in [0.1, 0.15) is 6.04 Å². The summed E-state index contributed by atoms with van der Waals surface area (Å²) >= 11 is 0. The summed E-state index contributed by atoms with van der Waals surface area (Å²) in [5.41, 5.74) is 0.796. The Labute approximate surface area is 186 Å². The fraction of sp³-hybridized carbons (Fsp3) is 0.640. The zero-order valence-corrected chi connectivity index (χ0v) is 19.2. The molecule has 2 aliphatic rings. The molecule has 2 unspecified atom stereocenters. The monoisotopic (exact) mass is 427 g/mol. The Hall–Kier alpha value is -2.37. The lowest BCUT2D eigenvalue weighted by atomic mass is 9.92. The van der Waals surface area contributed by atoms with Crippen molar-refractivity contribution in [3.63, 3.8) is 0 Å². The Morgan fingerprint density at radius 2 is 1.68 bits per heavy atom. The summed E-state index contributed by atoms with van der Waals surface area (Å²) in [4.78, 5) is 42.6. The van der Waals surface area contributed by atoms with Crippen LogP contribution in [0.2, 0.25) is 0 Å². The van der Waals surface area contributed by atoms with Crippen molar-refractivity contribution in [1.29, 1.82) is 0 Å². The number of piperidine rings is 2. The van der Waals surface area contributed by atoms with E-state index < -0.39 is 6.04 Å². The van der Waals surface area contributed by atoms with Gasteiger partial charge in [-0.25, -0.2) is 0 Å². The van der Waals surface area contributed by atoms with Gasteiger partial charge in [-0.1, -0.05) is 51.1 Å². The molecule has 0 radical (unpaired) electrons. The summed E-state index contributed by atoms with van der Waals surface area (Å²) in [7, 11) is 0. The molecule has 3 rings (SSSR count). The van der Waals surface area contributed by atoms with Crippen molar-refractivity contribution in [2.24, 2.45) is 17.8 Å². The van der Waals surface area contributed by atoms with E-state index >= 15 is 0 Å². The van der Waals surface area contributed by atoms with Crippen LogP contribution in [0.25, 0.3) is 0 Å². The first-order valence-corrected chi connectivity index (χ1v) is 11.8. The molecule has 3 amide bonds. The van der Waals surface area contributed by atoms with E-state index in [1.165, 1.54) is 6.42 Å². The third-order valence-electron chi connectivity index (χ3n) is 6.40. The van der Waals surface area contributed by atoms with Crippen LogP contribution in [0.1, 0.15) is 64.5 Å². The first-order chi connectivity index (χ1) is 14.8. The lowest BCUT2D eigenvalue weighted by molar-refractivity contribution is -0.143. The molecular formula is C25H37N3O3. The highest BCUT2D eigenvalue weighted by Gasteiger charge is 2.34. The molecule has 1 aromatic rings. The lowest BCUT2D eigenvalue weighted by Crippen LogP contribution is -2.49. The Kier molecular flexibility index (Phi) is 8.10. The Balaban J connectivity index is 1.62. The van der Waals surface area contributed by atoms with Crippen LogP contribution >= 0.6 is 0 Å². The fourth-order valence-electron chi connectivity index (χ4n) is 4.70. The quantitative estimate of drug-likeness (QED) is 0.757. The van der Waals surface area contributed by atoms with Crippen LogP contribution in [0, 0.1) is 17.8 Å². The van der Waals surface area contributed by atoms with Gasteiger partial charge in [0.15, 0.2) is 0 Å². The number of carbonyl (C=O) groups is 3. The predicted molar refractivity (Wildman–Crippen MR) is 121 cm³/mol. The summed E-state index contributed by atoms with van der Waals surface area (Å²) in [6.45, 7) is 9.02. The summed E-state index contributed by atoms with van der Waals surface area (Å²) in [6, 6.07) is 8.75. The van der Waals surface area contributed by atoms with Crippen LogP contribution in [0.5, 0.6) is 0 Å². The van der Waals surface area contributed by atoms with E-state index in [1.54, 1.807) is 0 Å². The maximum Gasteiger partial charge on any atom is 0.249 e. The van der Waals surface area contributed by atoms with Crippen molar-refractivity contribution < 1.29 is 14.4 Å². The third kappa shape index (κ3) is 6.31. The van der Waals surface area contributed by atoms with Crippen LogP contribution in [0.15, 0.2) is 30.3 Å². The summed E-state index contributed by atoms with van der Waals surface area (Å²) < 4.78 is 0. The molecule has 1 aromatic carbocycles. The van der Waals surface area contributed by atoms with Gasteiger partial charge >= 0.3 is 0 Å². The summed E-state index contributed by atoms with van der Waals surface area (Å²) in [5, 5.41) is 2.95. The van der Waals surface area contributed by atoms with Crippen LogP contribution in [-0.2, 0) is 14.4 Å². The van der Waals surface area contributed by atoms with Crippen molar-refractivity contribution in [2.45, 2.75) is 58.9 Å². The second kappa shape index (κ2) is 10.8. The molecule has 2 saturated heterocycles. The minimum atomic E-state index is -0.678. The Morgan fingerprint density at radius 1 is 1.00 bits per heavy atom. The van der Waals surface area contributed by atoms with Crippen LogP contribution in [-0.4, -0.2) is 53.7 Å². The van der Waals surface area contributed by atoms with Gasteiger partial charge in [-0.15, -0.1) is 0 Å². The second-order valence-electron chi connectivity index (χ2n) is 9.64. The highest BCUT2D eigenvalue weighted by Crippen LogP contribution is 2.26. The number of rotatable bonds is 6. The molecule has 2 heterocycles. The van der Waals surface area contributed by atoms with Gasteiger partial charge in [-0.3, -0.25) is 14.4 Å². The zero-order valence-electron chi connectivity index (χ0n) is 19.2. The first kappa shape index (κ1) is 23.3. The molecule has 2 fully saturated rings. The van der Waals surface area contributed by atoms with E-state index in [4.69, 9.17) is 0 Å². The van der Waals surface area contributed by atoms with Gasteiger partial charge in [0.2, 0.25) is 17.7 Å². The Morgan fingerprint density at radius 3 is 2.29 bits per heavy atom. The second-order valence-corrected chi connectivity index (χ2v) is 9.64. The molecule has 2 aliphatic heterocycles. The molecule has 170 valence electrons. The lowest BCUT2D eigenvalue weighted by Gasteiger charge is -2.38. The predicted octanol–water partition coefficient (Wildman–Crippen LogP) is 3.39. The highest BCUT2D eigenvalue weighted by molar-refractivity contribution is 5.89. The number of likely N-dealkylation sites (tertiary alicyclic amines) is 2. The normalized spacial score (nSPS) is 21.1. The molecule has 0 aliphatic carbocycles. The van der Waals surface area contributed by atoms with Crippen molar-refractivity contribution in [2.75, 3.05) is 26.2 Å². The number of benzene rings is 1. The maximum atomic E-state index is 13.4. The minimum Gasteiger partial charge on any atom is -0.342 e. The molecule has 1 N–H and O–H groups in total. The van der Waals surface area contributed by atoms with Gasteiger partial charge in [0.05, 0.1) is 0 Å². The molecule has 0 saturated carbocycles. The van der Waals surface area contributed by atoms with E-state index in [1.807, 2.05) is 54.0 Å². The van der Waals surface area contributed by atoms with Crippen molar-refractivity contribution in [1.82, 2.24) is 15.1 Å². The number of nitrogens with one attached hydrogen (secondary N) is 1. The summed E-state index contributed by atoms with van der Waals surface area (Å²) in [5.74, 6) is 0.858. The van der Waals surface area contributed by atoms with Crippen LogP contribution in [0.4, 0.5) is 0 Å². The van der Waals surface area contributed by atoms with Gasteiger partial charge in [0.25, 0.3) is 0 Å². The smallest absolute Gasteiger partial charge is 0.249 e. The van der Waals surface area contributed by atoms with E-state index in [0.29, 0.717) is 38.3 Å². The number of hydrogen-bond acceptors (Lipinski definition) is 3. The average Bonchev–Trinajstić information content (AvgIpc) is 2.77. The van der Waals surface area contributed by atoms with Crippen molar-refractivity contribution >= 4 is 17.7 Å². The molecule has 0 bridgehead atoms. The van der Waals surface area contributed by atoms with E-state index in [-0.39, 0.29) is 29.6 Å². The first-order valence-electron chi connectivity index (χ1n) is 11.8. The van der Waals surface area contributed by atoms with Gasteiger partial charge in [-0.05, 0) is 43.1 Å². The molecule has 6 nitrogen and oxygen atoms in total. The molecule has 0 aromatic heterocycles. The van der Waals surface area contributed by atoms with Gasteiger partial charge in [0, 0.05) is 38.5 Å². The van der Waals surface area contributed by atoms with E-state index in [0.717, 1.165) is 25.1 Å². The molecule has 0 spiro atoms. The Bertz CT molecular complexity index is 757. The molecule has 2 atom stereocenters. The van der Waals surface area contributed by atoms with E-state index in [2.05, 4.69) is 12.2 Å². The maximum absolute atomic E-state index is 13.4. The molecule has 6 heteroatoms. The number of amides is 3.